The molecule has 0 radical (unpaired) electrons. The Balaban J connectivity index is 0.00000109. The van der Waals surface area contributed by atoms with Gasteiger partial charge in [-0.3, -0.25) is 9.78 Å². The van der Waals surface area contributed by atoms with E-state index in [2.05, 4.69) is 28.8 Å². The van der Waals surface area contributed by atoms with Crippen molar-refractivity contribution in [2.24, 2.45) is 0 Å². The molecule has 0 spiro atoms. The Kier molecular flexibility index (Phi) is 6.54. The van der Waals surface area contributed by atoms with Gasteiger partial charge in [-0.1, -0.05) is 12.1 Å². The first-order chi connectivity index (χ1) is 12.3. The summed E-state index contributed by atoms with van der Waals surface area (Å²) < 4.78 is 5.08. The molecule has 2 N–H and O–H groups in total. The second-order valence-electron chi connectivity index (χ2n) is 5.02. The van der Waals surface area contributed by atoms with Crippen LogP contribution in [-0.2, 0) is 0 Å². The molecule has 0 saturated heterocycles. The molecule has 1 atom stereocenters. The Labute approximate surface area is 147 Å². The third-order valence-electron chi connectivity index (χ3n) is 3.49. The van der Waals surface area contributed by atoms with E-state index in [0.717, 1.165) is 17.0 Å². The first-order valence-corrected chi connectivity index (χ1v) is 7.77. The molecule has 0 fully saturated rings. The van der Waals surface area contributed by atoms with Gasteiger partial charge in [-0.25, -0.2) is 0 Å². The summed E-state index contributed by atoms with van der Waals surface area (Å²) in [6.07, 6.45) is 7.18. The molecule has 25 heavy (non-hydrogen) atoms. The summed E-state index contributed by atoms with van der Waals surface area (Å²) >= 11 is 0. The smallest absolute Gasteiger partial charge is 0.253 e. The lowest BCUT2D eigenvalue weighted by Crippen LogP contribution is -2.42. The van der Waals surface area contributed by atoms with E-state index in [1.54, 1.807) is 37.6 Å². The number of pyridine rings is 1. The second-order valence-corrected chi connectivity index (χ2v) is 5.02. The number of ether oxygens (including phenoxy) is 1. The SMILES string of the molecule is C=C.COc1ccc(C(=O)NC2C=CC(c3ccccn3)=CN2)cc1. The normalized spacial score (nSPS) is 15.1. The Bertz CT molecular complexity index is 752. The van der Waals surface area contributed by atoms with Crippen LogP contribution < -0.4 is 15.4 Å². The van der Waals surface area contributed by atoms with Crippen LogP contribution in [0.4, 0.5) is 0 Å². The molecule has 1 aromatic carbocycles. The lowest BCUT2D eigenvalue weighted by molar-refractivity contribution is 0.0941. The van der Waals surface area contributed by atoms with Crippen LogP contribution in [0.5, 0.6) is 5.75 Å². The van der Waals surface area contributed by atoms with E-state index < -0.39 is 0 Å². The summed E-state index contributed by atoms with van der Waals surface area (Å²) in [6, 6.07) is 12.7. The number of hydrogen-bond donors (Lipinski definition) is 2. The van der Waals surface area contributed by atoms with Crippen molar-refractivity contribution in [1.82, 2.24) is 15.6 Å². The van der Waals surface area contributed by atoms with Gasteiger partial charge in [0, 0.05) is 23.5 Å². The number of nitrogens with one attached hydrogen (secondary N) is 2. The number of carbonyl (C=O) groups excluding carboxylic acids is 1. The molecule has 2 aromatic rings. The van der Waals surface area contributed by atoms with Crippen molar-refractivity contribution in [3.05, 3.63) is 91.4 Å². The molecule has 2 heterocycles. The highest BCUT2D eigenvalue weighted by Crippen LogP contribution is 2.15. The zero-order chi connectivity index (χ0) is 18.1. The zero-order valence-electron chi connectivity index (χ0n) is 14.1. The predicted octanol–water partition coefficient (Wildman–Crippen LogP) is 3.15. The standard InChI is InChI=1S/C18H17N3O2.C2H4/c1-23-15-8-5-13(6-9-15)18(22)21-17-10-7-14(12-20-17)16-4-2-3-11-19-16;1-2/h2-12,17,20H,1H3,(H,21,22);1-2H2. The van der Waals surface area contributed by atoms with E-state index in [-0.39, 0.29) is 12.1 Å². The maximum Gasteiger partial charge on any atom is 0.253 e. The fraction of sp³-hybridized carbons (Fsp3) is 0.100. The molecule has 0 aliphatic carbocycles. The van der Waals surface area contributed by atoms with Crippen LogP contribution in [0.2, 0.25) is 0 Å². The van der Waals surface area contributed by atoms with Gasteiger partial charge in [0.1, 0.15) is 11.9 Å². The average Bonchev–Trinajstić information content (AvgIpc) is 2.71. The minimum atomic E-state index is -0.253. The number of carbonyl (C=O) groups is 1. The molecular weight excluding hydrogens is 314 g/mol. The van der Waals surface area contributed by atoms with Crippen molar-refractivity contribution in [3.63, 3.8) is 0 Å². The summed E-state index contributed by atoms with van der Waals surface area (Å²) in [4.78, 5) is 16.5. The quantitative estimate of drug-likeness (QED) is 0.843. The number of hydrogen-bond acceptors (Lipinski definition) is 4. The van der Waals surface area contributed by atoms with E-state index >= 15 is 0 Å². The summed E-state index contributed by atoms with van der Waals surface area (Å²) in [7, 11) is 1.59. The monoisotopic (exact) mass is 335 g/mol. The number of nitrogens with zero attached hydrogens (tertiary/aromatic N) is 1. The van der Waals surface area contributed by atoms with Gasteiger partial charge < -0.3 is 15.4 Å². The van der Waals surface area contributed by atoms with Crippen molar-refractivity contribution < 1.29 is 9.53 Å². The van der Waals surface area contributed by atoms with Crippen molar-refractivity contribution >= 4 is 11.5 Å². The maximum atomic E-state index is 12.2. The van der Waals surface area contributed by atoms with Crippen LogP contribution in [0.15, 0.2) is 80.2 Å². The average molecular weight is 335 g/mol. The minimum absolute atomic E-state index is 0.149. The maximum absolute atomic E-state index is 12.2. The van der Waals surface area contributed by atoms with Crippen molar-refractivity contribution in [3.8, 4) is 5.75 Å². The number of methoxy groups -OCH3 is 1. The van der Waals surface area contributed by atoms with Gasteiger partial charge in [0.2, 0.25) is 0 Å². The van der Waals surface area contributed by atoms with Gasteiger partial charge >= 0.3 is 0 Å². The fourth-order valence-electron chi connectivity index (χ4n) is 2.23. The highest BCUT2D eigenvalue weighted by atomic mass is 16.5. The van der Waals surface area contributed by atoms with Crippen molar-refractivity contribution in [2.45, 2.75) is 6.17 Å². The molecule has 128 valence electrons. The molecular formula is C20H21N3O2. The van der Waals surface area contributed by atoms with Gasteiger partial charge in [-0.05, 0) is 42.5 Å². The van der Waals surface area contributed by atoms with Gasteiger partial charge in [0.05, 0.1) is 12.8 Å². The predicted molar refractivity (Wildman–Crippen MR) is 100.0 cm³/mol. The molecule has 1 aromatic heterocycles. The summed E-state index contributed by atoms with van der Waals surface area (Å²) in [5.41, 5.74) is 2.44. The van der Waals surface area contributed by atoms with E-state index in [1.165, 1.54) is 0 Å². The Morgan fingerprint density at radius 1 is 1.20 bits per heavy atom. The van der Waals surface area contributed by atoms with Crippen LogP contribution in [0.25, 0.3) is 5.57 Å². The fourth-order valence-corrected chi connectivity index (χ4v) is 2.23. The number of benzene rings is 1. The largest absolute Gasteiger partial charge is 0.497 e. The van der Waals surface area contributed by atoms with Crippen molar-refractivity contribution in [1.29, 1.82) is 0 Å². The van der Waals surface area contributed by atoms with Crippen LogP contribution in [0, 0.1) is 0 Å². The number of amides is 1. The number of dihydropyridines is 1. The van der Waals surface area contributed by atoms with Gasteiger partial charge in [-0.15, -0.1) is 13.2 Å². The first kappa shape index (κ1) is 18.0. The topological polar surface area (TPSA) is 63.2 Å². The van der Waals surface area contributed by atoms with Gasteiger partial charge in [-0.2, -0.15) is 0 Å². The van der Waals surface area contributed by atoms with E-state index in [4.69, 9.17) is 4.74 Å². The Morgan fingerprint density at radius 3 is 2.52 bits per heavy atom. The summed E-state index contributed by atoms with van der Waals surface area (Å²) in [5.74, 6) is 0.574. The zero-order valence-corrected chi connectivity index (χ0v) is 14.1. The summed E-state index contributed by atoms with van der Waals surface area (Å²) in [5, 5.41) is 6.05. The number of aromatic nitrogens is 1. The number of allylic oxidation sites excluding steroid dienone is 2. The van der Waals surface area contributed by atoms with Gasteiger partial charge in [0.15, 0.2) is 0 Å². The molecule has 1 aliphatic heterocycles. The summed E-state index contributed by atoms with van der Waals surface area (Å²) in [6.45, 7) is 6.00. The van der Waals surface area contributed by atoms with Crippen LogP contribution in [0.1, 0.15) is 16.1 Å². The van der Waals surface area contributed by atoms with Gasteiger partial charge in [0.25, 0.3) is 5.91 Å². The third kappa shape index (κ3) is 4.81. The van der Waals surface area contributed by atoms with Crippen LogP contribution >= 0.6 is 0 Å². The van der Waals surface area contributed by atoms with Crippen LogP contribution in [-0.4, -0.2) is 24.2 Å². The molecule has 0 bridgehead atoms. The highest BCUT2D eigenvalue weighted by Gasteiger charge is 2.13. The first-order valence-electron chi connectivity index (χ1n) is 7.77. The Morgan fingerprint density at radius 2 is 1.96 bits per heavy atom. The molecule has 1 amide bonds. The molecule has 5 heteroatoms. The molecule has 1 aliphatic rings. The molecule has 5 nitrogen and oxygen atoms in total. The lowest BCUT2D eigenvalue weighted by Gasteiger charge is -2.20. The van der Waals surface area contributed by atoms with E-state index in [0.29, 0.717) is 5.56 Å². The molecule has 1 unspecified atom stereocenters. The van der Waals surface area contributed by atoms with E-state index in [1.807, 2.05) is 36.6 Å². The minimum Gasteiger partial charge on any atom is -0.497 e. The van der Waals surface area contributed by atoms with Crippen LogP contribution in [0.3, 0.4) is 0 Å². The second kappa shape index (κ2) is 9.08. The highest BCUT2D eigenvalue weighted by molar-refractivity contribution is 5.94. The molecule has 3 rings (SSSR count). The third-order valence-corrected chi connectivity index (χ3v) is 3.49. The van der Waals surface area contributed by atoms with Crippen molar-refractivity contribution in [2.75, 3.05) is 7.11 Å². The Hall–Kier alpha value is -3.34. The molecule has 0 saturated carbocycles. The number of rotatable bonds is 4. The van der Waals surface area contributed by atoms with E-state index in [9.17, 15) is 4.79 Å². The lowest BCUT2D eigenvalue weighted by atomic mass is 10.1.